The van der Waals surface area contributed by atoms with E-state index in [1.165, 1.54) is 0 Å². The van der Waals surface area contributed by atoms with E-state index in [-0.39, 0.29) is 17.1 Å². The molecule has 3 rings (SSSR count). The lowest BCUT2D eigenvalue weighted by Gasteiger charge is -2.25. The van der Waals surface area contributed by atoms with Gasteiger partial charge >= 0.3 is 6.18 Å². The van der Waals surface area contributed by atoms with Gasteiger partial charge < -0.3 is 16.4 Å². The first-order chi connectivity index (χ1) is 17.4. The number of fused-ring (bicyclic) bond motifs is 1. The number of benzene rings is 2. The summed E-state index contributed by atoms with van der Waals surface area (Å²) in [6.07, 6.45) is -7.51. The molecule has 0 saturated heterocycles. The van der Waals surface area contributed by atoms with Gasteiger partial charge in [-0.25, -0.2) is 4.99 Å². The van der Waals surface area contributed by atoms with Gasteiger partial charge in [0.1, 0.15) is 0 Å². The van der Waals surface area contributed by atoms with E-state index >= 15 is 0 Å². The fourth-order valence-electron chi connectivity index (χ4n) is 4.16. The standard InChI is InChI=1S/C25H25Cl2F3N4O3/c1-2-4-15(21(31)35)16(11-12-25(28,29)30)23(36)34-22-24(37)33-20-17(5-3-6-18(20)27)19(32-22)13-7-9-14(26)10-8-13/h3,5-10,15-16,22H,2,4,11-12H2,1H3,(H2,31,35)(H,33,37)(H,34,36)/t15-,16+,22+/m0/s1. The van der Waals surface area contributed by atoms with Gasteiger partial charge in [0.05, 0.1) is 16.4 Å². The number of hydrogen-bond donors (Lipinski definition) is 3. The maximum Gasteiger partial charge on any atom is 0.389 e. The summed E-state index contributed by atoms with van der Waals surface area (Å²) in [5.74, 6) is -5.13. The number of para-hydroxylation sites is 1. The Morgan fingerprint density at radius 3 is 2.38 bits per heavy atom. The van der Waals surface area contributed by atoms with Gasteiger partial charge in [-0.3, -0.25) is 14.4 Å². The highest BCUT2D eigenvalue weighted by atomic mass is 35.5. The molecule has 3 atom stereocenters. The fourth-order valence-corrected chi connectivity index (χ4v) is 4.51. The lowest BCUT2D eigenvalue weighted by atomic mass is 9.83. The molecule has 0 radical (unpaired) electrons. The number of anilines is 1. The molecule has 0 aromatic heterocycles. The van der Waals surface area contributed by atoms with Crippen molar-refractivity contribution in [2.24, 2.45) is 22.6 Å². The summed E-state index contributed by atoms with van der Waals surface area (Å²) < 4.78 is 39.0. The number of carbonyl (C=O) groups excluding carboxylic acids is 3. The van der Waals surface area contributed by atoms with E-state index in [1.54, 1.807) is 49.4 Å². The number of benzodiazepines with no additional fused rings is 1. The predicted molar refractivity (Wildman–Crippen MR) is 135 cm³/mol. The second-order valence-electron chi connectivity index (χ2n) is 8.61. The van der Waals surface area contributed by atoms with Crippen molar-refractivity contribution in [2.75, 3.05) is 5.32 Å². The maximum absolute atomic E-state index is 13.3. The SMILES string of the molecule is CCC[C@H](C(N)=O)[C@@H](CCC(F)(F)F)C(=O)N[C@H]1N=C(c2ccc(Cl)cc2)c2cccc(Cl)c2NC1=O. The number of amides is 3. The zero-order valence-electron chi connectivity index (χ0n) is 19.7. The van der Waals surface area contributed by atoms with E-state index in [2.05, 4.69) is 15.6 Å². The Bertz CT molecular complexity index is 1200. The van der Waals surface area contributed by atoms with Crippen molar-refractivity contribution in [3.05, 3.63) is 63.6 Å². The second kappa shape index (κ2) is 12.0. The Hall–Kier alpha value is -3.11. The Morgan fingerprint density at radius 1 is 1.11 bits per heavy atom. The molecule has 1 aliphatic rings. The predicted octanol–water partition coefficient (Wildman–Crippen LogP) is 5.09. The summed E-state index contributed by atoms with van der Waals surface area (Å²) in [5, 5.41) is 5.74. The smallest absolute Gasteiger partial charge is 0.369 e. The van der Waals surface area contributed by atoms with Crippen molar-refractivity contribution in [2.45, 2.75) is 44.9 Å². The van der Waals surface area contributed by atoms with E-state index in [9.17, 15) is 27.6 Å². The number of carbonyl (C=O) groups is 3. The van der Waals surface area contributed by atoms with Crippen molar-refractivity contribution >= 4 is 52.3 Å². The molecule has 12 heteroatoms. The van der Waals surface area contributed by atoms with Crippen LogP contribution in [0.25, 0.3) is 0 Å². The van der Waals surface area contributed by atoms with Crippen LogP contribution in [-0.4, -0.2) is 35.8 Å². The summed E-state index contributed by atoms with van der Waals surface area (Å²) in [5.41, 5.74) is 7.01. The number of alkyl halides is 3. The normalized spacial score (nSPS) is 17.1. The van der Waals surface area contributed by atoms with Gasteiger partial charge in [0, 0.05) is 34.4 Å². The average Bonchev–Trinajstić information content (AvgIpc) is 2.95. The highest BCUT2D eigenvalue weighted by Gasteiger charge is 2.38. The van der Waals surface area contributed by atoms with E-state index in [0.29, 0.717) is 28.3 Å². The van der Waals surface area contributed by atoms with Crippen LogP contribution in [0, 0.1) is 11.8 Å². The van der Waals surface area contributed by atoms with E-state index in [0.717, 1.165) is 0 Å². The Labute approximate surface area is 221 Å². The van der Waals surface area contributed by atoms with Crippen LogP contribution in [0.15, 0.2) is 47.5 Å². The minimum atomic E-state index is -4.55. The van der Waals surface area contributed by atoms with Crippen LogP contribution < -0.4 is 16.4 Å². The quantitative estimate of drug-likeness (QED) is 0.399. The number of halogens is 5. The molecular formula is C25H25Cl2F3N4O3. The highest BCUT2D eigenvalue weighted by Crippen LogP contribution is 2.32. The molecule has 0 aliphatic carbocycles. The van der Waals surface area contributed by atoms with Crippen LogP contribution >= 0.6 is 23.2 Å². The van der Waals surface area contributed by atoms with Gasteiger partial charge in [-0.15, -0.1) is 0 Å². The molecule has 0 unspecified atom stereocenters. The van der Waals surface area contributed by atoms with Gasteiger partial charge in [-0.2, -0.15) is 13.2 Å². The van der Waals surface area contributed by atoms with Gasteiger partial charge in [0.2, 0.25) is 18.0 Å². The highest BCUT2D eigenvalue weighted by molar-refractivity contribution is 6.36. The monoisotopic (exact) mass is 556 g/mol. The number of hydrogen-bond acceptors (Lipinski definition) is 4. The molecule has 2 aromatic carbocycles. The number of aliphatic imine (C=N–C) groups is 1. The number of nitrogens with two attached hydrogens (primary N) is 1. The van der Waals surface area contributed by atoms with Gasteiger partial charge in [0.25, 0.3) is 5.91 Å². The molecule has 3 amide bonds. The first kappa shape index (κ1) is 28.5. The molecule has 7 nitrogen and oxygen atoms in total. The third kappa shape index (κ3) is 7.23. The van der Waals surface area contributed by atoms with E-state index in [1.807, 2.05) is 0 Å². The first-order valence-corrected chi connectivity index (χ1v) is 12.3. The topological polar surface area (TPSA) is 114 Å². The van der Waals surface area contributed by atoms with E-state index in [4.69, 9.17) is 28.9 Å². The molecule has 37 heavy (non-hydrogen) atoms. The van der Waals surface area contributed by atoms with Crippen molar-refractivity contribution in [3.8, 4) is 0 Å². The molecule has 2 aromatic rings. The van der Waals surface area contributed by atoms with E-state index < -0.39 is 54.7 Å². The molecule has 1 aliphatic heterocycles. The number of nitrogens with one attached hydrogen (secondary N) is 2. The van der Waals surface area contributed by atoms with Crippen LogP contribution in [-0.2, 0) is 14.4 Å². The third-order valence-corrected chi connectivity index (χ3v) is 6.51. The zero-order chi connectivity index (χ0) is 27.3. The van der Waals surface area contributed by atoms with Gasteiger partial charge in [-0.1, -0.05) is 60.8 Å². The molecule has 0 spiro atoms. The molecule has 0 bridgehead atoms. The van der Waals surface area contributed by atoms with Crippen molar-refractivity contribution in [1.29, 1.82) is 0 Å². The minimum absolute atomic E-state index is 0.114. The fraction of sp³-hybridized carbons (Fsp3) is 0.360. The summed E-state index contributed by atoms with van der Waals surface area (Å²) in [4.78, 5) is 42.8. The largest absolute Gasteiger partial charge is 0.389 e. The van der Waals surface area contributed by atoms with Crippen molar-refractivity contribution < 1.29 is 27.6 Å². The summed E-state index contributed by atoms with van der Waals surface area (Å²) in [7, 11) is 0. The van der Waals surface area contributed by atoms with Crippen LogP contribution in [0.1, 0.15) is 43.7 Å². The van der Waals surface area contributed by atoms with Crippen LogP contribution in [0.5, 0.6) is 0 Å². The minimum Gasteiger partial charge on any atom is -0.369 e. The van der Waals surface area contributed by atoms with Gasteiger partial charge in [0.15, 0.2) is 0 Å². The molecular weight excluding hydrogens is 532 g/mol. The lowest BCUT2D eigenvalue weighted by molar-refractivity contribution is -0.146. The van der Waals surface area contributed by atoms with Crippen LogP contribution in [0.2, 0.25) is 10.0 Å². The average molecular weight is 557 g/mol. The Kier molecular flexibility index (Phi) is 9.20. The summed E-state index contributed by atoms with van der Waals surface area (Å²) >= 11 is 12.3. The molecule has 4 N–H and O–H groups in total. The molecule has 0 saturated carbocycles. The number of primary amides is 1. The third-order valence-electron chi connectivity index (χ3n) is 5.95. The van der Waals surface area contributed by atoms with Crippen molar-refractivity contribution in [3.63, 3.8) is 0 Å². The van der Waals surface area contributed by atoms with Gasteiger partial charge in [-0.05, 0) is 31.0 Å². The Balaban J connectivity index is 2.01. The molecule has 1 heterocycles. The summed E-state index contributed by atoms with van der Waals surface area (Å²) in [6, 6.07) is 11.5. The van der Waals surface area contributed by atoms with Crippen molar-refractivity contribution in [1.82, 2.24) is 5.32 Å². The lowest BCUT2D eigenvalue weighted by Crippen LogP contribution is -2.48. The Morgan fingerprint density at radius 2 is 1.78 bits per heavy atom. The number of rotatable bonds is 9. The molecule has 198 valence electrons. The van der Waals surface area contributed by atoms with Crippen LogP contribution in [0.3, 0.4) is 0 Å². The second-order valence-corrected chi connectivity index (χ2v) is 9.45. The summed E-state index contributed by atoms with van der Waals surface area (Å²) in [6.45, 7) is 1.72. The van der Waals surface area contributed by atoms with Crippen LogP contribution in [0.4, 0.5) is 18.9 Å². The maximum atomic E-state index is 13.3. The first-order valence-electron chi connectivity index (χ1n) is 11.5. The number of nitrogens with zero attached hydrogens (tertiary/aromatic N) is 1. The zero-order valence-corrected chi connectivity index (χ0v) is 21.3. The molecule has 0 fully saturated rings.